The average Bonchev–Trinajstić information content (AvgIpc) is 1.35. The van der Waals surface area contributed by atoms with E-state index in [0.29, 0.717) is 0 Å². The van der Waals surface area contributed by atoms with Crippen LogP contribution in [0.15, 0.2) is 0 Å². The molecule has 4 nitrogen and oxygen atoms in total. The number of phosphoric acid groups is 1. The number of rotatable bonds is 1. The van der Waals surface area contributed by atoms with Gasteiger partial charge in [-0.15, -0.1) is 0 Å². The summed E-state index contributed by atoms with van der Waals surface area (Å²) in [4.78, 5) is 15.5. The van der Waals surface area contributed by atoms with Gasteiger partial charge in [-0.3, -0.25) is 0 Å². The van der Waals surface area contributed by atoms with Gasteiger partial charge < -0.3 is 0 Å². The second-order valence-electron chi connectivity index (χ2n) is 0.673. The monoisotopic (exact) mass is 236 g/mol. The van der Waals surface area contributed by atoms with Crippen LogP contribution in [0.2, 0.25) is 0 Å². The van der Waals surface area contributed by atoms with E-state index in [1.165, 1.54) is 0 Å². The van der Waals surface area contributed by atoms with Crippen molar-refractivity contribution in [3.63, 3.8) is 0 Å². The topological polar surface area (TPSA) is 66.8 Å². The number of hydrogen-bond donors (Lipinski definition) is 2. The summed E-state index contributed by atoms with van der Waals surface area (Å²) in [6.45, 7) is 0. The second kappa shape index (κ2) is 2.86. The first kappa shape index (κ1) is 7.68. The van der Waals surface area contributed by atoms with Crippen LogP contribution in [0.4, 0.5) is 0 Å². The summed E-state index contributed by atoms with van der Waals surface area (Å²) in [5, 5.41) is 0. The third-order valence-electron chi connectivity index (χ3n) is 0.238. The Kier molecular flexibility index (Phi) is 3.66. The first-order chi connectivity index (χ1) is 2.56. The van der Waals surface area contributed by atoms with Gasteiger partial charge in [0.25, 0.3) is 0 Å². The summed E-state index contributed by atoms with van der Waals surface area (Å²) >= 11 is -0.431. The van der Waals surface area contributed by atoms with Gasteiger partial charge in [0.2, 0.25) is 0 Å². The first-order valence-corrected chi connectivity index (χ1v) is 5.27. The van der Waals surface area contributed by atoms with E-state index in [1.54, 1.807) is 0 Å². The molecule has 0 amide bonds. The molecule has 0 saturated carbocycles. The van der Waals surface area contributed by atoms with Crippen LogP contribution in [0.3, 0.4) is 0 Å². The Labute approximate surface area is 68.1 Å². The van der Waals surface area contributed by atoms with Crippen molar-refractivity contribution >= 4 is 55.0 Å². The standard InChI is InChI=1S/Ba.H3O4P.H/c;1-5(2,3)4;/h;(H3,1,2,3,4);/q+1;;/p-1. The Hall–Kier alpha value is 1.68. The summed E-state index contributed by atoms with van der Waals surface area (Å²) in [7, 11) is -4.05. The molecule has 0 rings (SSSR count). The summed E-state index contributed by atoms with van der Waals surface area (Å²) in [6.07, 6.45) is 0. The molecule has 0 aromatic rings. The zero-order valence-electron chi connectivity index (χ0n) is 3.16. The summed E-state index contributed by atoms with van der Waals surface area (Å²) < 4.78 is 13.4. The summed E-state index contributed by atoms with van der Waals surface area (Å²) in [6, 6.07) is 0. The van der Waals surface area contributed by atoms with Crippen molar-refractivity contribution in [2.75, 3.05) is 0 Å². The molecule has 0 unspecified atom stereocenters. The molecule has 0 aromatic heterocycles. The van der Waals surface area contributed by atoms with Gasteiger partial charge in [0, 0.05) is 0 Å². The molecule has 0 aliphatic heterocycles. The summed E-state index contributed by atoms with van der Waals surface area (Å²) in [5.74, 6) is 0. The van der Waals surface area contributed by atoms with E-state index in [2.05, 4.69) is -0.156 Å². The Balaban J connectivity index is 3.48. The molecule has 0 saturated heterocycles. The van der Waals surface area contributed by atoms with E-state index >= 15 is 0 Å². The molecule has 0 aliphatic rings. The fourth-order valence-electron chi connectivity index (χ4n) is 0. The minimum atomic E-state index is -4.05. The average molecular weight is 235 g/mol. The Morgan fingerprint density at radius 1 is 1.67 bits per heavy atom. The van der Waals surface area contributed by atoms with Crippen LogP contribution in [-0.2, 0) is 4.41 Å². The normalized spacial score (nSPS) is 11.5. The van der Waals surface area contributed by atoms with E-state index in [4.69, 9.17) is 9.79 Å². The van der Waals surface area contributed by atoms with Crippen molar-refractivity contribution in [2.24, 2.45) is 0 Å². The van der Waals surface area contributed by atoms with Gasteiger partial charge in [-0.1, -0.05) is 0 Å². The second-order valence-corrected chi connectivity index (χ2v) is 5.46. The molecule has 0 aromatic carbocycles. The molecule has 0 aliphatic carbocycles. The maximum atomic E-state index is 9.53. The van der Waals surface area contributed by atoms with Crippen molar-refractivity contribution in [2.45, 2.75) is 0 Å². The van der Waals surface area contributed by atoms with E-state index in [9.17, 15) is 4.57 Å². The van der Waals surface area contributed by atoms with E-state index in [-0.39, 0.29) is 0 Å². The third kappa shape index (κ3) is 5.68. The van der Waals surface area contributed by atoms with Crippen molar-refractivity contribution in [3.05, 3.63) is 0 Å². The zero-order chi connectivity index (χ0) is 5.21. The fourth-order valence-corrected chi connectivity index (χ4v) is 0. The molecule has 0 heterocycles. The van der Waals surface area contributed by atoms with Crippen molar-refractivity contribution < 1.29 is 14.2 Å². The molecule has 2 N–H and O–H groups in total. The Bertz CT molecular complexity index is 71.6. The van der Waals surface area contributed by atoms with Crippen LogP contribution in [0.5, 0.6) is 0 Å². The predicted octanol–water partition coefficient (Wildman–Crippen LogP) is -1.09. The van der Waals surface area contributed by atoms with Crippen LogP contribution >= 0.6 is 7.82 Å². The molecule has 6 heavy (non-hydrogen) atoms. The molecule has 0 bridgehead atoms. The molecular weight excluding hydrogens is 232 g/mol. The molecule has 0 spiro atoms. The molecule has 0 radical (unpaired) electrons. The van der Waals surface area contributed by atoms with E-state index in [0.717, 1.165) is 0 Å². The van der Waals surface area contributed by atoms with Crippen LogP contribution in [0, 0.1) is 0 Å². The molecular formula is H3BaO4P. The van der Waals surface area contributed by atoms with Crippen LogP contribution in [0.25, 0.3) is 0 Å². The van der Waals surface area contributed by atoms with Crippen LogP contribution < -0.4 is 0 Å². The maximum absolute atomic E-state index is 9.53. The van der Waals surface area contributed by atoms with Crippen LogP contribution in [-0.4, -0.2) is 57.0 Å². The molecule has 0 atom stereocenters. The predicted molar refractivity (Wildman–Crippen MR) is 20.3 cm³/mol. The Morgan fingerprint density at radius 2 is 1.83 bits per heavy atom. The molecule has 34 valence electrons. The van der Waals surface area contributed by atoms with Gasteiger partial charge in [-0.05, 0) is 0 Å². The van der Waals surface area contributed by atoms with Gasteiger partial charge in [0.1, 0.15) is 0 Å². The zero-order valence-corrected chi connectivity index (χ0v) is 10.3. The van der Waals surface area contributed by atoms with Gasteiger partial charge in [-0.2, -0.15) is 0 Å². The van der Waals surface area contributed by atoms with E-state index < -0.39 is 55.0 Å². The third-order valence-corrected chi connectivity index (χ3v) is 5.19. The quantitative estimate of drug-likeness (QED) is 0.448. The van der Waals surface area contributed by atoms with Crippen molar-refractivity contribution in [1.29, 1.82) is 0 Å². The number of hydrogen-bond acceptors (Lipinski definition) is 2. The van der Waals surface area contributed by atoms with Gasteiger partial charge in [-0.25, -0.2) is 0 Å². The van der Waals surface area contributed by atoms with Gasteiger partial charge >= 0.3 is 69.2 Å². The fraction of sp³-hybridized carbons (Fsp3) is 0. The minimum absolute atomic E-state index is 0.431. The van der Waals surface area contributed by atoms with Gasteiger partial charge in [0.15, 0.2) is 0 Å². The SMILES string of the molecule is O=P(O)(O)[O][BaH]. The Morgan fingerprint density at radius 3 is 1.83 bits per heavy atom. The van der Waals surface area contributed by atoms with Crippen molar-refractivity contribution in [3.8, 4) is 0 Å². The molecule has 6 heteroatoms. The van der Waals surface area contributed by atoms with Crippen molar-refractivity contribution in [1.82, 2.24) is 0 Å². The van der Waals surface area contributed by atoms with Crippen LogP contribution in [0.1, 0.15) is 0 Å². The first-order valence-electron chi connectivity index (χ1n) is 1.17. The summed E-state index contributed by atoms with van der Waals surface area (Å²) in [5.41, 5.74) is 0. The van der Waals surface area contributed by atoms with E-state index in [1.807, 2.05) is 0 Å². The molecule has 0 fully saturated rings. The van der Waals surface area contributed by atoms with Gasteiger partial charge in [0.05, 0.1) is 0 Å².